The molecule has 5 nitrogen and oxygen atoms in total. The minimum absolute atomic E-state index is 0.641. The Bertz CT molecular complexity index is 668. The summed E-state index contributed by atoms with van der Waals surface area (Å²) < 4.78 is 2.16. The normalized spacial score (nSPS) is 11.8. The minimum atomic E-state index is 0.641. The predicted octanol–water partition coefficient (Wildman–Crippen LogP) is 3.02. The van der Waals surface area contributed by atoms with Gasteiger partial charge in [-0.05, 0) is 24.2 Å². The molecule has 0 aliphatic carbocycles. The molecule has 3 heterocycles. The summed E-state index contributed by atoms with van der Waals surface area (Å²) in [4.78, 5) is 13.1. The van der Waals surface area contributed by atoms with Crippen LogP contribution in [0.15, 0.2) is 34.2 Å². The molecule has 2 N–H and O–H groups in total. The average Bonchev–Trinajstić information content (AvgIpc) is 3.09. The van der Waals surface area contributed by atoms with Crippen LogP contribution in [0.1, 0.15) is 19.5 Å². The molecule has 3 rings (SSSR count). The van der Waals surface area contributed by atoms with Crippen LogP contribution in [0.5, 0.6) is 0 Å². The van der Waals surface area contributed by atoms with Crippen LogP contribution in [0.25, 0.3) is 4.96 Å². The van der Waals surface area contributed by atoms with Crippen LogP contribution in [-0.4, -0.2) is 25.9 Å². The molecule has 3 aromatic heterocycles. The highest BCUT2D eigenvalue weighted by molar-refractivity contribution is 7.99. The predicted molar refractivity (Wildman–Crippen MR) is 82.3 cm³/mol. The van der Waals surface area contributed by atoms with E-state index in [1.807, 2.05) is 6.20 Å². The van der Waals surface area contributed by atoms with Gasteiger partial charge in [-0.2, -0.15) is 0 Å². The third kappa shape index (κ3) is 2.89. The highest BCUT2D eigenvalue weighted by Crippen LogP contribution is 2.29. The summed E-state index contributed by atoms with van der Waals surface area (Å²) in [5.41, 5.74) is 1.20. The van der Waals surface area contributed by atoms with Crippen molar-refractivity contribution in [1.82, 2.24) is 24.7 Å². The van der Waals surface area contributed by atoms with E-state index in [9.17, 15) is 0 Å². The van der Waals surface area contributed by atoms with Crippen molar-refractivity contribution in [3.05, 3.63) is 29.7 Å². The van der Waals surface area contributed by atoms with Crippen LogP contribution in [0.3, 0.4) is 0 Å². The SMILES string of the molecule is CC(C)CNCc1c(Sc2ncc[nH]2)nc2sccn12. The smallest absolute Gasteiger partial charge is 0.194 e. The van der Waals surface area contributed by atoms with E-state index in [-0.39, 0.29) is 0 Å². The largest absolute Gasteiger partial charge is 0.339 e. The standard InChI is InChI=1S/C13H17N5S2/c1-9(2)7-14-8-10-11(20-12-15-3-4-16-12)17-13-18(10)5-6-19-13/h3-6,9,14H,7-8H2,1-2H3,(H,15,16). The summed E-state index contributed by atoms with van der Waals surface area (Å²) in [7, 11) is 0. The zero-order chi connectivity index (χ0) is 13.9. The molecule has 0 radical (unpaired) electrons. The van der Waals surface area contributed by atoms with Gasteiger partial charge in [0.2, 0.25) is 0 Å². The molecule has 0 spiro atoms. The maximum Gasteiger partial charge on any atom is 0.194 e. The van der Waals surface area contributed by atoms with Gasteiger partial charge in [0.1, 0.15) is 5.03 Å². The Morgan fingerprint density at radius 3 is 3.15 bits per heavy atom. The number of fused-ring (bicyclic) bond motifs is 1. The Hall–Kier alpha value is -1.31. The maximum absolute atomic E-state index is 4.69. The van der Waals surface area contributed by atoms with Gasteiger partial charge in [-0.25, -0.2) is 9.97 Å². The molecule has 20 heavy (non-hydrogen) atoms. The highest BCUT2D eigenvalue weighted by Gasteiger charge is 2.15. The third-order valence-corrected chi connectivity index (χ3v) is 4.53. The quantitative estimate of drug-likeness (QED) is 0.735. The van der Waals surface area contributed by atoms with Crippen LogP contribution in [-0.2, 0) is 6.54 Å². The van der Waals surface area contributed by atoms with Crippen molar-refractivity contribution in [3.63, 3.8) is 0 Å². The van der Waals surface area contributed by atoms with E-state index in [0.29, 0.717) is 5.92 Å². The zero-order valence-corrected chi connectivity index (χ0v) is 13.1. The van der Waals surface area contributed by atoms with E-state index in [1.165, 1.54) is 5.69 Å². The Morgan fingerprint density at radius 2 is 2.40 bits per heavy atom. The Kier molecular flexibility index (Phi) is 4.09. The number of thiazole rings is 1. The van der Waals surface area contributed by atoms with Gasteiger partial charge in [0, 0.05) is 30.5 Å². The van der Waals surface area contributed by atoms with E-state index < -0.39 is 0 Å². The van der Waals surface area contributed by atoms with E-state index in [1.54, 1.807) is 29.3 Å². The van der Waals surface area contributed by atoms with Gasteiger partial charge in [-0.1, -0.05) is 13.8 Å². The maximum atomic E-state index is 4.69. The van der Waals surface area contributed by atoms with E-state index >= 15 is 0 Å². The fraction of sp³-hybridized carbons (Fsp3) is 0.385. The summed E-state index contributed by atoms with van der Waals surface area (Å²) in [5, 5.41) is 7.45. The van der Waals surface area contributed by atoms with E-state index in [2.05, 4.69) is 50.1 Å². The molecule has 0 saturated heterocycles. The number of H-pyrrole nitrogens is 1. The molecule has 0 aromatic carbocycles. The van der Waals surface area contributed by atoms with Crippen LogP contribution in [0.2, 0.25) is 0 Å². The lowest BCUT2D eigenvalue weighted by atomic mass is 10.2. The van der Waals surface area contributed by atoms with Crippen molar-refractivity contribution in [1.29, 1.82) is 0 Å². The van der Waals surface area contributed by atoms with Crippen molar-refractivity contribution in [2.24, 2.45) is 5.92 Å². The van der Waals surface area contributed by atoms with E-state index in [0.717, 1.165) is 28.2 Å². The average molecular weight is 307 g/mol. The molecule has 106 valence electrons. The first-order chi connectivity index (χ1) is 9.74. The van der Waals surface area contributed by atoms with Crippen molar-refractivity contribution < 1.29 is 0 Å². The molecule has 0 aliphatic rings. The van der Waals surface area contributed by atoms with Crippen LogP contribution in [0.4, 0.5) is 0 Å². The topological polar surface area (TPSA) is 58.0 Å². The molecule has 3 aromatic rings. The molecule has 0 unspecified atom stereocenters. The number of imidazole rings is 2. The second-order valence-corrected chi connectivity index (χ2v) is 6.79. The fourth-order valence-electron chi connectivity index (χ4n) is 1.93. The van der Waals surface area contributed by atoms with Crippen LogP contribution in [0, 0.1) is 5.92 Å². The molecule has 7 heteroatoms. The molecule has 0 aliphatic heterocycles. The summed E-state index contributed by atoms with van der Waals surface area (Å²) in [6, 6.07) is 0. The Morgan fingerprint density at radius 1 is 1.50 bits per heavy atom. The van der Waals surface area contributed by atoms with E-state index in [4.69, 9.17) is 0 Å². The van der Waals surface area contributed by atoms with Crippen molar-refractivity contribution in [2.45, 2.75) is 30.6 Å². The fourth-order valence-corrected chi connectivity index (χ4v) is 3.57. The molecule has 0 saturated carbocycles. The molecule has 0 fully saturated rings. The van der Waals surface area contributed by atoms with Crippen LogP contribution < -0.4 is 5.32 Å². The molecule has 0 bridgehead atoms. The number of aromatic nitrogens is 4. The first kappa shape index (κ1) is 13.7. The zero-order valence-electron chi connectivity index (χ0n) is 11.5. The Balaban J connectivity index is 1.84. The lowest BCUT2D eigenvalue weighted by Crippen LogP contribution is -2.20. The number of aromatic amines is 1. The van der Waals surface area contributed by atoms with Gasteiger partial charge in [0.15, 0.2) is 10.1 Å². The number of nitrogens with one attached hydrogen (secondary N) is 2. The minimum Gasteiger partial charge on any atom is -0.339 e. The van der Waals surface area contributed by atoms with Gasteiger partial charge >= 0.3 is 0 Å². The van der Waals surface area contributed by atoms with Crippen molar-refractivity contribution >= 4 is 28.1 Å². The summed E-state index contributed by atoms with van der Waals surface area (Å²) in [5.74, 6) is 0.641. The van der Waals surface area contributed by atoms with Gasteiger partial charge in [0.05, 0.1) is 5.69 Å². The monoisotopic (exact) mass is 307 g/mol. The lowest BCUT2D eigenvalue weighted by Gasteiger charge is -2.07. The summed E-state index contributed by atoms with van der Waals surface area (Å²) >= 11 is 3.23. The molecular formula is C13H17N5S2. The van der Waals surface area contributed by atoms with Gasteiger partial charge < -0.3 is 10.3 Å². The molecular weight excluding hydrogens is 290 g/mol. The summed E-state index contributed by atoms with van der Waals surface area (Å²) in [6.07, 6.45) is 5.67. The van der Waals surface area contributed by atoms with Gasteiger partial charge in [0.25, 0.3) is 0 Å². The number of rotatable bonds is 6. The Labute approximate surface area is 125 Å². The van der Waals surface area contributed by atoms with Crippen molar-refractivity contribution in [2.75, 3.05) is 6.54 Å². The van der Waals surface area contributed by atoms with Crippen molar-refractivity contribution in [3.8, 4) is 0 Å². The first-order valence-corrected chi connectivity index (χ1v) is 8.26. The highest BCUT2D eigenvalue weighted by atomic mass is 32.2. The molecule has 0 amide bonds. The van der Waals surface area contributed by atoms with Gasteiger partial charge in [-0.3, -0.25) is 4.40 Å². The summed E-state index contributed by atoms with van der Waals surface area (Å²) in [6.45, 7) is 6.24. The second-order valence-electron chi connectivity index (χ2n) is 4.94. The molecule has 0 atom stereocenters. The first-order valence-electron chi connectivity index (χ1n) is 6.56. The van der Waals surface area contributed by atoms with Crippen LogP contribution >= 0.6 is 23.1 Å². The second kappa shape index (κ2) is 5.99. The third-order valence-electron chi connectivity index (χ3n) is 2.84. The lowest BCUT2D eigenvalue weighted by molar-refractivity contribution is 0.544. The van der Waals surface area contributed by atoms with Gasteiger partial charge in [-0.15, -0.1) is 11.3 Å². The number of hydrogen-bond acceptors (Lipinski definition) is 5. The number of hydrogen-bond donors (Lipinski definition) is 2. The number of nitrogens with zero attached hydrogens (tertiary/aromatic N) is 3.